The number of methoxy groups -OCH3 is 1. The number of nitrogens with one attached hydrogen (secondary N) is 1. The molecule has 0 aliphatic heterocycles. The lowest BCUT2D eigenvalue weighted by Crippen LogP contribution is -2.04. The van der Waals surface area contributed by atoms with E-state index in [1.165, 1.54) is 36.7 Å². The van der Waals surface area contributed by atoms with E-state index in [4.69, 9.17) is 0 Å². The van der Waals surface area contributed by atoms with E-state index >= 15 is 0 Å². The first-order valence-corrected chi connectivity index (χ1v) is 5.99. The third-order valence-electron chi connectivity index (χ3n) is 1.76. The molecule has 16 heavy (non-hydrogen) atoms. The third-order valence-corrected chi connectivity index (χ3v) is 3.94. The molecule has 1 amide bonds. The first-order valence-electron chi connectivity index (χ1n) is 4.36. The Hall–Kier alpha value is -1.47. The average molecular weight is 256 g/mol. The van der Waals surface area contributed by atoms with Crippen molar-refractivity contribution in [2.45, 2.75) is 6.92 Å². The quantitative estimate of drug-likeness (QED) is 0.835. The van der Waals surface area contributed by atoms with Crippen LogP contribution >= 0.6 is 22.7 Å². The predicted octanol–water partition coefficient (Wildman–Crippen LogP) is 2.10. The molecule has 0 spiro atoms. The molecule has 2 aromatic heterocycles. The van der Waals surface area contributed by atoms with Gasteiger partial charge in [0, 0.05) is 6.92 Å². The van der Waals surface area contributed by atoms with Crippen molar-refractivity contribution in [1.82, 2.24) is 4.98 Å². The summed E-state index contributed by atoms with van der Waals surface area (Å²) in [5.41, 5.74) is 0.708. The predicted molar refractivity (Wildman–Crippen MR) is 63.1 cm³/mol. The molecule has 0 atom stereocenters. The number of carbonyl (C=O) groups excluding carboxylic acids is 2. The topological polar surface area (TPSA) is 68.3 Å². The summed E-state index contributed by atoms with van der Waals surface area (Å²) in [6.07, 6.45) is 0. The van der Waals surface area contributed by atoms with E-state index in [1.54, 1.807) is 6.07 Å². The smallest absolute Gasteiger partial charge is 0.348 e. The summed E-state index contributed by atoms with van der Waals surface area (Å²) in [7, 11) is 1.34. The Morgan fingerprint density at radius 3 is 2.75 bits per heavy atom. The number of rotatable bonds is 2. The van der Waals surface area contributed by atoms with E-state index in [0.717, 1.165) is 4.01 Å². The zero-order valence-electron chi connectivity index (χ0n) is 8.57. The van der Waals surface area contributed by atoms with Gasteiger partial charge in [0.15, 0.2) is 5.13 Å². The van der Waals surface area contributed by atoms with E-state index in [0.29, 0.717) is 15.5 Å². The minimum absolute atomic E-state index is 0.158. The molecule has 0 unspecified atom stereocenters. The van der Waals surface area contributed by atoms with Crippen molar-refractivity contribution in [3.05, 3.63) is 10.9 Å². The van der Waals surface area contributed by atoms with Crippen LogP contribution in [0, 0.1) is 0 Å². The summed E-state index contributed by atoms with van der Waals surface area (Å²) in [6, 6.07) is 1.66. The molecule has 2 rings (SSSR count). The molecule has 1 N–H and O–H groups in total. The van der Waals surface area contributed by atoms with Gasteiger partial charge in [0.2, 0.25) is 5.91 Å². The second-order valence-corrected chi connectivity index (χ2v) is 5.28. The highest BCUT2D eigenvalue weighted by atomic mass is 32.2. The number of hydrogen-bond acceptors (Lipinski definition) is 6. The van der Waals surface area contributed by atoms with Crippen LogP contribution < -0.4 is 5.32 Å². The molecular weight excluding hydrogens is 248 g/mol. The van der Waals surface area contributed by atoms with Crippen molar-refractivity contribution in [1.29, 1.82) is 0 Å². The van der Waals surface area contributed by atoms with Gasteiger partial charge in [0.25, 0.3) is 0 Å². The van der Waals surface area contributed by atoms with Gasteiger partial charge in [-0.1, -0.05) is 11.3 Å². The maximum Gasteiger partial charge on any atom is 0.348 e. The molecule has 84 valence electrons. The molecule has 2 aromatic rings. The Morgan fingerprint density at radius 1 is 1.44 bits per heavy atom. The number of thiophene rings is 1. The maximum absolute atomic E-state index is 11.2. The molecule has 0 radical (unpaired) electrons. The standard InChI is InChI=1S/C9H8N2O3S2/c1-4(12)10-9-11-5-3-6(7(13)14-2)15-8(5)16-9/h3H,1-2H3,(H,10,11,12). The van der Waals surface area contributed by atoms with Crippen molar-refractivity contribution < 1.29 is 14.3 Å². The van der Waals surface area contributed by atoms with Crippen molar-refractivity contribution >= 4 is 49.2 Å². The molecule has 0 saturated heterocycles. The molecule has 0 bridgehead atoms. The third kappa shape index (κ3) is 2.05. The Balaban J connectivity index is 2.33. The van der Waals surface area contributed by atoms with Gasteiger partial charge < -0.3 is 10.1 Å². The Bertz CT molecular complexity index is 527. The fourth-order valence-electron chi connectivity index (χ4n) is 1.14. The van der Waals surface area contributed by atoms with Crippen LogP contribution in [0.3, 0.4) is 0 Å². The van der Waals surface area contributed by atoms with E-state index in [9.17, 15) is 9.59 Å². The van der Waals surface area contributed by atoms with Crippen LogP contribution in [0.5, 0.6) is 0 Å². The number of carbonyl (C=O) groups is 2. The average Bonchev–Trinajstić information content (AvgIpc) is 2.72. The first kappa shape index (κ1) is 11.0. The van der Waals surface area contributed by atoms with E-state index in [-0.39, 0.29) is 11.9 Å². The summed E-state index contributed by atoms with van der Waals surface area (Å²) in [5, 5.41) is 3.15. The molecule has 0 aromatic carbocycles. The molecule has 0 aliphatic carbocycles. The minimum Gasteiger partial charge on any atom is -0.465 e. The number of anilines is 1. The highest BCUT2D eigenvalue weighted by molar-refractivity contribution is 7.40. The number of fused-ring (bicyclic) bond motifs is 1. The van der Waals surface area contributed by atoms with Gasteiger partial charge in [-0.05, 0) is 6.07 Å². The van der Waals surface area contributed by atoms with Gasteiger partial charge in [0.1, 0.15) is 8.89 Å². The van der Waals surface area contributed by atoms with Gasteiger partial charge >= 0.3 is 5.97 Å². The first-order chi connectivity index (χ1) is 7.60. The fourth-order valence-corrected chi connectivity index (χ4v) is 3.28. The maximum atomic E-state index is 11.2. The fraction of sp³-hybridized carbons (Fsp3) is 0.222. The lowest BCUT2D eigenvalue weighted by molar-refractivity contribution is -0.114. The van der Waals surface area contributed by atoms with Crippen LogP contribution in [0.2, 0.25) is 0 Å². The molecule has 0 fully saturated rings. The van der Waals surface area contributed by atoms with Gasteiger partial charge in [-0.2, -0.15) is 0 Å². The van der Waals surface area contributed by atoms with Gasteiger partial charge in [-0.25, -0.2) is 9.78 Å². The summed E-state index contributed by atoms with van der Waals surface area (Å²) >= 11 is 2.65. The minimum atomic E-state index is -0.365. The monoisotopic (exact) mass is 256 g/mol. The van der Waals surface area contributed by atoms with Crippen molar-refractivity contribution in [2.75, 3.05) is 12.4 Å². The highest BCUT2D eigenvalue weighted by Crippen LogP contribution is 2.33. The Morgan fingerprint density at radius 2 is 2.19 bits per heavy atom. The van der Waals surface area contributed by atoms with Crippen LogP contribution in [-0.4, -0.2) is 24.0 Å². The molecular formula is C9H8N2O3S2. The summed E-state index contributed by atoms with van der Waals surface area (Å²) in [5.74, 6) is -0.522. The van der Waals surface area contributed by atoms with Crippen molar-refractivity contribution in [3.63, 3.8) is 0 Å². The van der Waals surface area contributed by atoms with E-state index in [1.807, 2.05) is 0 Å². The molecule has 5 nitrogen and oxygen atoms in total. The summed E-state index contributed by atoms with van der Waals surface area (Å²) in [6.45, 7) is 1.43. The molecule has 0 aliphatic rings. The Kier molecular flexibility index (Phi) is 2.88. The zero-order chi connectivity index (χ0) is 11.7. The molecule has 0 saturated carbocycles. The van der Waals surface area contributed by atoms with Crippen molar-refractivity contribution in [3.8, 4) is 0 Å². The SMILES string of the molecule is COC(=O)c1cc2nc(NC(C)=O)sc2s1. The lowest BCUT2D eigenvalue weighted by Gasteiger charge is -1.93. The van der Waals surface area contributed by atoms with Crippen LogP contribution in [0.4, 0.5) is 5.13 Å². The van der Waals surface area contributed by atoms with Gasteiger partial charge in [0.05, 0.1) is 12.6 Å². The number of aromatic nitrogens is 1. The number of nitrogens with zero attached hydrogens (tertiary/aromatic N) is 1. The van der Waals surface area contributed by atoms with Crippen LogP contribution in [0.25, 0.3) is 9.53 Å². The number of amides is 1. The normalized spacial score (nSPS) is 10.4. The second kappa shape index (κ2) is 4.18. The van der Waals surface area contributed by atoms with E-state index < -0.39 is 0 Å². The molecule has 7 heteroatoms. The van der Waals surface area contributed by atoms with Gasteiger partial charge in [-0.3, -0.25) is 4.79 Å². The number of ether oxygens (including phenoxy) is 1. The lowest BCUT2D eigenvalue weighted by atomic mass is 10.4. The van der Waals surface area contributed by atoms with Crippen LogP contribution in [0.15, 0.2) is 6.07 Å². The largest absolute Gasteiger partial charge is 0.465 e. The van der Waals surface area contributed by atoms with Crippen molar-refractivity contribution in [2.24, 2.45) is 0 Å². The Labute approximate surface area is 99.1 Å². The zero-order valence-corrected chi connectivity index (χ0v) is 10.2. The molecule has 2 heterocycles. The number of esters is 1. The van der Waals surface area contributed by atoms with E-state index in [2.05, 4.69) is 15.0 Å². The number of hydrogen-bond donors (Lipinski definition) is 1. The second-order valence-electron chi connectivity index (χ2n) is 2.98. The van der Waals surface area contributed by atoms with Crippen LogP contribution in [-0.2, 0) is 9.53 Å². The van der Waals surface area contributed by atoms with Crippen LogP contribution in [0.1, 0.15) is 16.6 Å². The summed E-state index contributed by atoms with van der Waals surface area (Å²) in [4.78, 5) is 26.8. The summed E-state index contributed by atoms with van der Waals surface area (Å²) < 4.78 is 5.50. The number of thiazole rings is 1. The highest BCUT2D eigenvalue weighted by Gasteiger charge is 2.14. The van der Waals surface area contributed by atoms with Gasteiger partial charge in [-0.15, -0.1) is 11.3 Å².